The van der Waals surface area contributed by atoms with Crippen LogP contribution in [0.15, 0.2) is 78.3 Å². The number of hydrogen-bond acceptors (Lipinski definition) is 11. The third kappa shape index (κ3) is 8.12. The molecule has 4 aliphatic rings. The minimum absolute atomic E-state index is 0.00207. The Morgan fingerprint density at radius 2 is 1.68 bits per heavy atom. The highest BCUT2D eigenvalue weighted by molar-refractivity contribution is 7.13. The van der Waals surface area contributed by atoms with Crippen LogP contribution in [0.4, 0.5) is 0 Å². The quantitative estimate of drug-likeness (QED) is 0.0858. The van der Waals surface area contributed by atoms with E-state index in [1.54, 1.807) is 30.4 Å². The molecule has 2 bridgehead atoms. The van der Waals surface area contributed by atoms with Crippen molar-refractivity contribution in [3.8, 4) is 10.4 Å². The first-order chi connectivity index (χ1) is 35.5. The zero-order chi connectivity index (χ0) is 52.0. The van der Waals surface area contributed by atoms with Gasteiger partial charge in [-0.25, -0.2) is 4.98 Å². The number of likely N-dealkylation sites (tertiary alicyclic amines) is 1. The van der Waals surface area contributed by atoms with Crippen LogP contribution >= 0.6 is 11.3 Å². The van der Waals surface area contributed by atoms with Crippen LogP contribution in [0.1, 0.15) is 86.8 Å². The van der Waals surface area contributed by atoms with Crippen LogP contribution in [0.5, 0.6) is 0 Å². The molecule has 2 fully saturated rings. The number of methoxy groups -OCH3 is 1. The molecule has 0 spiro atoms. The number of β-amino-alcohol motifs (C(OH)–C–C–N with tert-alkyl or cyclic N) is 1. The van der Waals surface area contributed by atoms with Crippen molar-refractivity contribution < 1.29 is 43.3 Å². The summed E-state index contributed by atoms with van der Waals surface area (Å²) in [4.78, 5) is 77.9. The summed E-state index contributed by atoms with van der Waals surface area (Å²) in [6.07, 6.45) is -1.63. The molecule has 4 aliphatic heterocycles. The number of thiazole rings is 1. The average molecular weight is 1020 g/mol. The van der Waals surface area contributed by atoms with E-state index >= 15 is 0 Å². The molecule has 5 amide bonds. The number of aliphatic hydroxyl groups excluding tert-OH is 1. The maximum absolute atomic E-state index is 14.3. The number of amides is 5. The van der Waals surface area contributed by atoms with Gasteiger partial charge in [-0.3, -0.25) is 24.0 Å². The molecule has 0 aliphatic carbocycles. The maximum atomic E-state index is 14.3. The number of nitrogens with one attached hydrogen (secondary N) is 3. The number of ether oxygens (including phenoxy) is 3. The third-order valence-corrected chi connectivity index (χ3v) is 16.7. The first-order valence-electron chi connectivity index (χ1n) is 25.4. The van der Waals surface area contributed by atoms with Gasteiger partial charge in [0.15, 0.2) is 5.72 Å². The van der Waals surface area contributed by atoms with E-state index in [4.69, 9.17) is 14.2 Å². The molecule has 4 N–H and O–H groups in total. The van der Waals surface area contributed by atoms with Crippen LogP contribution in [0.25, 0.3) is 54.1 Å². The van der Waals surface area contributed by atoms with E-state index in [0.717, 1.165) is 70.9 Å². The van der Waals surface area contributed by atoms with E-state index in [2.05, 4.69) is 54.3 Å². The number of carbonyl (C=O) groups is 5. The zero-order valence-corrected chi connectivity index (χ0v) is 43.5. The molecule has 7 heterocycles. The third-order valence-electron chi connectivity index (χ3n) is 15.7. The molecule has 3 aromatic heterocycles. The number of aliphatic hydroxyl groups is 1. The van der Waals surface area contributed by atoms with Gasteiger partial charge in [-0.2, -0.15) is 0 Å². The zero-order valence-electron chi connectivity index (χ0n) is 42.7. The van der Waals surface area contributed by atoms with Gasteiger partial charge in [0.05, 0.1) is 75.5 Å². The van der Waals surface area contributed by atoms with Gasteiger partial charge in [0, 0.05) is 74.6 Å². The van der Waals surface area contributed by atoms with Gasteiger partial charge in [-0.05, 0) is 48.1 Å². The molecular formula is C56H62N8O9S. The fraction of sp³-hybridized carbons (Fsp3) is 0.429. The Morgan fingerprint density at radius 1 is 0.973 bits per heavy atom. The van der Waals surface area contributed by atoms with Crippen molar-refractivity contribution in [3.63, 3.8) is 0 Å². The Bertz CT molecular complexity index is 3410. The second kappa shape index (κ2) is 18.9. The lowest BCUT2D eigenvalue weighted by atomic mass is 9.85. The lowest BCUT2D eigenvalue weighted by molar-refractivity contribution is -0.266. The highest BCUT2D eigenvalue weighted by Crippen LogP contribution is 2.54. The number of likely N-dealkylation sites (N-methyl/N-ethyl adjacent to an activating group) is 1. The van der Waals surface area contributed by atoms with Crippen molar-refractivity contribution in [1.29, 1.82) is 0 Å². The number of fused-ring (bicyclic) bond motifs is 13. The Kier molecular flexibility index (Phi) is 12.6. The summed E-state index contributed by atoms with van der Waals surface area (Å²) in [5.41, 5.74) is 8.24. The second-order valence-corrected chi connectivity index (χ2v) is 22.2. The van der Waals surface area contributed by atoms with E-state index in [1.807, 2.05) is 88.7 Å². The maximum Gasteiger partial charge on any atom is 0.252 e. The molecule has 4 aromatic carbocycles. The predicted molar refractivity (Wildman–Crippen MR) is 281 cm³/mol. The molecule has 74 heavy (non-hydrogen) atoms. The van der Waals surface area contributed by atoms with Crippen LogP contribution in [0.2, 0.25) is 0 Å². The van der Waals surface area contributed by atoms with Crippen LogP contribution in [-0.2, 0) is 52.2 Å². The molecule has 18 heteroatoms. The molecule has 11 rings (SSSR count). The number of rotatable bonds is 14. The number of benzene rings is 4. The highest BCUT2D eigenvalue weighted by atomic mass is 32.1. The fourth-order valence-electron chi connectivity index (χ4n) is 12.2. The standard InChI is InChI=1S/C56H62N8O9S/c1-30-49(74-29-59-30)32-18-16-31(17-19-32)26-57-52(68)40-24-33(65)28-62(40)54(70)50(55(2,3)4)60-41(66)20-22-72-23-21-42(67)61(6)39-25-43-63-37-14-10-8-12-34(37)45-46-36(27-58-53(46)69)44-35-13-9-11-15-38(35)64(48(44)47(45)63)56(5,73-43)51(39)71-7/h8-19,29,33,39-40,43,50-51,65H,20-28H2,1-7H3,(H,57,68)(H,58,69)(H,60,66)/t33-,39-,40+,43-,50?,51-,56+/m1/s1. The smallest absolute Gasteiger partial charge is 0.252 e. The topological polar surface area (TPSA) is 199 Å². The number of aryl methyl sites for hydroxylation is 1. The summed E-state index contributed by atoms with van der Waals surface area (Å²) in [5, 5.41) is 23.5. The number of carbonyl (C=O) groups excluding carboxylic acids is 5. The van der Waals surface area contributed by atoms with Crippen molar-refractivity contribution in [3.05, 3.63) is 101 Å². The minimum Gasteiger partial charge on any atom is -0.391 e. The van der Waals surface area contributed by atoms with Gasteiger partial charge in [0.25, 0.3) is 5.91 Å². The normalized spacial score (nSPS) is 22.6. The van der Waals surface area contributed by atoms with Crippen molar-refractivity contribution in [2.75, 3.05) is 33.9 Å². The Morgan fingerprint density at radius 3 is 2.38 bits per heavy atom. The summed E-state index contributed by atoms with van der Waals surface area (Å²) in [7, 11) is 3.44. The van der Waals surface area contributed by atoms with Crippen LogP contribution in [0.3, 0.4) is 0 Å². The molecule has 0 radical (unpaired) electrons. The van der Waals surface area contributed by atoms with Gasteiger partial charge >= 0.3 is 0 Å². The van der Waals surface area contributed by atoms with Gasteiger partial charge in [-0.1, -0.05) is 81.4 Å². The minimum atomic E-state index is -1.11. The summed E-state index contributed by atoms with van der Waals surface area (Å²) in [6, 6.07) is 21.8. The van der Waals surface area contributed by atoms with Crippen molar-refractivity contribution in [1.82, 2.24) is 39.9 Å². The monoisotopic (exact) mass is 1020 g/mol. The van der Waals surface area contributed by atoms with Crippen molar-refractivity contribution in [2.45, 2.75) is 116 Å². The van der Waals surface area contributed by atoms with Gasteiger partial charge in [0.1, 0.15) is 24.4 Å². The summed E-state index contributed by atoms with van der Waals surface area (Å²) >= 11 is 1.57. The van der Waals surface area contributed by atoms with Crippen LogP contribution < -0.4 is 16.0 Å². The molecular weight excluding hydrogens is 961 g/mol. The Labute approximate surface area is 432 Å². The predicted octanol–water partition coefficient (Wildman–Crippen LogP) is 6.63. The fourth-order valence-corrected chi connectivity index (χ4v) is 13.0. The lowest BCUT2D eigenvalue weighted by Crippen LogP contribution is -2.61. The van der Waals surface area contributed by atoms with Crippen molar-refractivity contribution >= 4 is 84.5 Å². The molecule has 1 unspecified atom stereocenters. The number of para-hydroxylation sites is 2. The average Bonchev–Trinajstić information content (AvgIpc) is 4.27. The van der Waals surface area contributed by atoms with E-state index in [-0.39, 0.29) is 63.3 Å². The number of aromatic nitrogens is 3. The highest BCUT2D eigenvalue weighted by Gasteiger charge is 2.55. The second-order valence-electron chi connectivity index (χ2n) is 21.4. The van der Waals surface area contributed by atoms with E-state index in [9.17, 15) is 29.1 Å². The Hall–Kier alpha value is -6.70. The molecule has 386 valence electrons. The first-order valence-corrected chi connectivity index (χ1v) is 26.3. The SMILES string of the molecule is CO[C@@H]1[C@H](N(C)C(=O)CCOCCC(=O)NC(C(=O)N2C[C@H](O)C[C@H]2C(=O)NCc2ccc(-c3scnc3C)cc2)C(C)(C)C)C[C@H]2O[C@]1(C)n1c3ccccc3c3c4c(c5c6ccccc6n2c5c31)C(=O)NC4. The molecule has 0 saturated carbocycles. The summed E-state index contributed by atoms with van der Waals surface area (Å²) in [6.45, 7) is 10.2. The summed E-state index contributed by atoms with van der Waals surface area (Å²) < 4.78 is 24.1. The van der Waals surface area contributed by atoms with Crippen LogP contribution in [-0.4, -0.2) is 123 Å². The van der Waals surface area contributed by atoms with Crippen LogP contribution in [0, 0.1) is 12.3 Å². The number of hydrogen-bond donors (Lipinski definition) is 4. The lowest BCUT2D eigenvalue weighted by Gasteiger charge is -2.50. The molecule has 7 atom stereocenters. The number of nitrogens with zero attached hydrogens (tertiary/aromatic N) is 5. The Balaban J connectivity index is 0.743. The first kappa shape index (κ1) is 49.5. The van der Waals surface area contributed by atoms with Gasteiger partial charge in [0.2, 0.25) is 23.6 Å². The van der Waals surface area contributed by atoms with E-state index in [1.165, 1.54) is 4.90 Å². The molecule has 17 nitrogen and oxygen atoms in total. The van der Waals surface area contributed by atoms with E-state index < -0.39 is 59.5 Å². The van der Waals surface area contributed by atoms with E-state index in [0.29, 0.717) is 18.5 Å². The van der Waals surface area contributed by atoms with Crippen molar-refractivity contribution in [2.24, 2.45) is 5.41 Å². The molecule has 2 saturated heterocycles. The largest absolute Gasteiger partial charge is 0.391 e. The molecule has 7 aromatic rings. The van der Waals surface area contributed by atoms with Gasteiger partial charge in [-0.15, -0.1) is 11.3 Å². The summed E-state index contributed by atoms with van der Waals surface area (Å²) in [5.74, 6) is -1.54. The van der Waals surface area contributed by atoms with Gasteiger partial charge < -0.3 is 54.2 Å².